The highest BCUT2D eigenvalue weighted by molar-refractivity contribution is 7.84. The molecule has 0 bridgehead atoms. The number of alkyl halides is 2. The predicted molar refractivity (Wildman–Crippen MR) is 201 cm³/mol. The topological polar surface area (TPSA) is 220 Å². The van der Waals surface area contributed by atoms with Crippen molar-refractivity contribution in [2.24, 2.45) is 28.5 Å². The van der Waals surface area contributed by atoms with Gasteiger partial charge in [0.1, 0.15) is 41.5 Å². The van der Waals surface area contributed by atoms with Crippen molar-refractivity contribution >= 4 is 40.6 Å². The lowest BCUT2D eigenvalue weighted by molar-refractivity contribution is -0.139. The van der Waals surface area contributed by atoms with Gasteiger partial charge in [0.15, 0.2) is 5.84 Å². The number of nitrogens with one attached hydrogen (secondary N) is 4. The third-order valence-electron chi connectivity index (χ3n) is 7.94. The lowest BCUT2D eigenvalue weighted by atomic mass is 10.0. The molecule has 2 saturated carbocycles. The molecule has 1 aromatic rings. The van der Waals surface area contributed by atoms with Gasteiger partial charge in [-0.2, -0.15) is 0 Å². The minimum atomic E-state index is -2.90. The third kappa shape index (κ3) is 17.5. The van der Waals surface area contributed by atoms with E-state index in [1.807, 2.05) is 13.8 Å². The van der Waals surface area contributed by atoms with Gasteiger partial charge in [0.25, 0.3) is 5.91 Å². The van der Waals surface area contributed by atoms with Crippen LogP contribution in [0.5, 0.6) is 5.75 Å². The number of nitrogens with zero attached hydrogens (tertiary/aromatic N) is 2. The van der Waals surface area contributed by atoms with E-state index in [1.54, 1.807) is 31.4 Å². The number of nitrogens with two attached hydrogens (primary N) is 2. The number of benzene rings is 1. The molecule has 4 atom stereocenters. The Hall–Kier alpha value is -4.06. The molecule has 1 aliphatic heterocycles. The summed E-state index contributed by atoms with van der Waals surface area (Å²) in [7, 11) is -0.0889. The second-order valence-electron chi connectivity index (χ2n) is 13.1. The number of rotatable bonds is 13. The van der Waals surface area contributed by atoms with Crippen molar-refractivity contribution < 1.29 is 41.6 Å². The number of carbonyl (C=O) groups is 4. The average Bonchev–Trinajstić information content (AvgIpc) is 3.64. The normalized spacial score (nSPS) is 18.5. The molecule has 53 heavy (non-hydrogen) atoms. The fourth-order valence-corrected chi connectivity index (χ4v) is 6.10. The van der Waals surface area contributed by atoms with Crippen LogP contribution in [0.2, 0.25) is 0 Å². The number of halogens is 2. The summed E-state index contributed by atoms with van der Waals surface area (Å²) in [4.78, 5) is 51.2. The molecule has 8 N–H and O–H groups in total. The molecule has 0 aromatic heterocycles. The molecule has 3 aliphatic rings. The standard InChI is InChI=1S/C21H32F2N4O6S.C8H12N4O.C4H10.C2H6/c1-12(18(22)23)17(20(30)26-34(32)14-8-9-14)25-19(29)15-7-4-10-27(15)16(28)11-24-21(31)33-13-5-2-3-6-13;1-13-7-4-2-6(3-5-7)8(9)11-12-10;1-4(2)3;1-2/h12-15,17-18H,2-11H2,1H3,(H,24,31)(H,25,29)(H,26,30);2-5,12H,10H2,1H3,(H2,9,11);4H,1-3H3;1-2H3/t12?,15-,17?,34?;;;/m0.../s1. The molecule has 4 amide bonds. The highest BCUT2D eigenvalue weighted by Gasteiger charge is 2.40. The van der Waals surface area contributed by atoms with E-state index in [4.69, 9.17) is 21.1 Å². The highest BCUT2D eigenvalue weighted by atomic mass is 32.2. The van der Waals surface area contributed by atoms with Crippen LogP contribution in [0.25, 0.3) is 0 Å². The molecule has 302 valence electrons. The van der Waals surface area contributed by atoms with Crippen molar-refractivity contribution in [3.8, 4) is 5.75 Å². The smallest absolute Gasteiger partial charge is 0.407 e. The molecule has 1 saturated heterocycles. The predicted octanol–water partition coefficient (Wildman–Crippen LogP) is 3.44. The number of carbonyl (C=O) groups excluding carboxylic acids is 4. The summed E-state index contributed by atoms with van der Waals surface area (Å²) in [6.45, 7) is 11.5. The Morgan fingerprint density at radius 2 is 1.57 bits per heavy atom. The largest absolute Gasteiger partial charge is 0.497 e. The number of ether oxygens (including phenoxy) is 2. The van der Waals surface area contributed by atoms with Crippen LogP contribution in [0.3, 0.4) is 0 Å². The minimum absolute atomic E-state index is 0.158. The first kappa shape index (κ1) is 47.0. The molecule has 0 radical (unpaired) electrons. The van der Waals surface area contributed by atoms with Gasteiger partial charge in [0, 0.05) is 18.0 Å². The Bertz CT molecular complexity index is 1330. The van der Waals surface area contributed by atoms with Crippen molar-refractivity contribution in [2.45, 2.75) is 123 Å². The first-order valence-corrected chi connectivity index (χ1v) is 19.4. The van der Waals surface area contributed by atoms with Gasteiger partial charge in [-0.1, -0.05) is 41.5 Å². The fourth-order valence-electron chi connectivity index (χ4n) is 5.04. The number of methoxy groups -OCH3 is 1. The van der Waals surface area contributed by atoms with Crippen LogP contribution < -0.4 is 37.2 Å². The molecule has 4 rings (SSSR count). The van der Waals surface area contributed by atoms with Crippen molar-refractivity contribution in [1.82, 2.24) is 25.8 Å². The Morgan fingerprint density at radius 1 is 0.981 bits per heavy atom. The minimum Gasteiger partial charge on any atom is -0.497 e. The van der Waals surface area contributed by atoms with Gasteiger partial charge in [-0.3, -0.25) is 19.1 Å². The zero-order valence-electron chi connectivity index (χ0n) is 32.0. The van der Waals surface area contributed by atoms with Gasteiger partial charge in [0.05, 0.1) is 12.4 Å². The summed E-state index contributed by atoms with van der Waals surface area (Å²) in [5.41, 5.74) is 8.48. The van der Waals surface area contributed by atoms with Gasteiger partial charge in [-0.05, 0) is 81.5 Å². The number of alkyl carbamates (subject to hydrolysis) is 1. The summed E-state index contributed by atoms with van der Waals surface area (Å²) >= 11 is 0. The molecule has 3 fully saturated rings. The number of hydrogen-bond acceptors (Lipinski definition) is 10. The first-order chi connectivity index (χ1) is 25.2. The van der Waals surface area contributed by atoms with E-state index < -0.39 is 59.2 Å². The van der Waals surface area contributed by atoms with E-state index >= 15 is 0 Å². The van der Waals surface area contributed by atoms with Crippen LogP contribution >= 0.6 is 0 Å². The van der Waals surface area contributed by atoms with Crippen LogP contribution in [0.4, 0.5) is 13.6 Å². The summed E-state index contributed by atoms with van der Waals surface area (Å²) in [5, 5.41) is 8.16. The molecular formula is C35H60F2N8O7S. The fraction of sp³-hybridized carbons (Fsp3) is 0.686. The van der Waals surface area contributed by atoms with E-state index in [0.29, 0.717) is 25.1 Å². The van der Waals surface area contributed by atoms with Crippen molar-refractivity contribution in [3.05, 3.63) is 29.8 Å². The van der Waals surface area contributed by atoms with Crippen LogP contribution in [0, 0.1) is 11.8 Å². The number of hydrazine groups is 1. The molecule has 1 heterocycles. The average molecular weight is 775 g/mol. The van der Waals surface area contributed by atoms with Gasteiger partial charge >= 0.3 is 6.09 Å². The van der Waals surface area contributed by atoms with Gasteiger partial charge in [0.2, 0.25) is 18.2 Å². The number of amidine groups is 1. The SMILES string of the molecule is CC.CC(C(F)F)C(NC(=O)[C@@H]1CCCN1C(=O)CNC(=O)OC1CCCC1)C(=O)NS(=O)C1CC1.CC(C)C.COc1ccc(/C(N)=N/NN)cc1. The van der Waals surface area contributed by atoms with Gasteiger partial charge < -0.3 is 30.7 Å². The van der Waals surface area contributed by atoms with E-state index in [9.17, 15) is 32.2 Å². The number of likely N-dealkylation sites (tertiary alicyclic amines) is 1. The Kier molecular flexibility index (Phi) is 22.2. The number of amides is 4. The molecule has 2 aliphatic carbocycles. The van der Waals surface area contributed by atoms with E-state index in [-0.39, 0.29) is 30.9 Å². The van der Waals surface area contributed by atoms with Crippen LogP contribution in [0.1, 0.15) is 98.5 Å². The van der Waals surface area contributed by atoms with E-state index in [0.717, 1.165) is 49.8 Å². The maximum Gasteiger partial charge on any atom is 0.407 e. The van der Waals surface area contributed by atoms with E-state index in [1.165, 1.54) is 4.90 Å². The molecule has 1 aromatic carbocycles. The highest BCUT2D eigenvalue weighted by Crippen LogP contribution is 2.25. The zero-order valence-corrected chi connectivity index (χ0v) is 32.8. The number of hydrogen-bond donors (Lipinski definition) is 6. The Labute approximate surface area is 314 Å². The molecule has 15 nitrogen and oxygen atoms in total. The maximum absolute atomic E-state index is 13.4. The van der Waals surface area contributed by atoms with E-state index in [2.05, 4.69) is 46.8 Å². The summed E-state index contributed by atoms with van der Waals surface area (Å²) in [5.74, 6) is 3.19. The Morgan fingerprint density at radius 3 is 2.08 bits per heavy atom. The van der Waals surface area contributed by atoms with Gasteiger partial charge in [-0.25, -0.2) is 29.2 Å². The lowest BCUT2D eigenvalue weighted by Crippen LogP contribution is -2.57. The van der Waals surface area contributed by atoms with Crippen molar-refractivity contribution in [1.29, 1.82) is 0 Å². The number of hydrazone groups is 1. The zero-order chi connectivity index (χ0) is 40.1. The third-order valence-corrected chi connectivity index (χ3v) is 9.42. The summed E-state index contributed by atoms with van der Waals surface area (Å²) in [6.07, 6.45) is 1.93. The molecule has 3 unspecified atom stereocenters. The lowest BCUT2D eigenvalue weighted by Gasteiger charge is -2.28. The van der Waals surface area contributed by atoms with Crippen LogP contribution in [-0.2, 0) is 30.1 Å². The molecule has 18 heteroatoms. The maximum atomic E-state index is 13.4. The second kappa shape index (κ2) is 25.0. The monoisotopic (exact) mass is 774 g/mol. The van der Waals surface area contributed by atoms with Crippen LogP contribution in [-0.4, -0.2) is 88.8 Å². The van der Waals surface area contributed by atoms with Crippen molar-refractivity contribution in [2.75, 3.05) is 20.2 Å². The molecule has 0 spiro atoms. The van der Waals surface area contributed by atoms with Crippen LogP contribution in [0.15, 0.2) is 29.4 Å². The molecular weight excluding hydrogens is 714 g/mol. The second-order valence-corrected chi connectivity index (χ2v) is 14.6. The van der Waals surface area contributed by atoms with Crippen molar-refractivity contribution in [3.63, 3.8) is 0 Å². The van der Waals surface area contributed by atoms with Gasteiger partial charge in [-0.15, -0.1) is 5.10 Å². The first-order valence-electron chi connectivity index (χ1n) is 18.1. The summed E-state index contributed by atoms with van der Waals surface area (Å²) in [6, 6.07) is 4.63. The summed E-state index contributed by atoms with van der Waals surface area (Å²) < 4.78 is 51.2. The Balaban J connectivity index is 0.000000610. The quantitative estimate of drug-likeness (QED) is 0.0742.